The summed E-state index contributed by atoms with van der Waals surface area (Å²) in [6.07, 6.45) is 0. The predicted octanol–water partition coefficient (Wildman–Crippen LogP) is 2.76. The topological polar surface area (TPSA) is 93.7 Å². The van der Waals surface area contributed by atoms with Crippen LogP contribution in [0.4, 0.5) is 11.4 Å². The molecule has 2 rings (SSSR count). The van der Waals surface area contributed by atoms with Gasteiger partial charge in [-0.25, -0.2) is 4.79 Å². The summed E-state index contributed by atoms with van der Waals surface area (Å²) in [6.45, 7) is 3.01. The number of esters is 1. The zero-order valence-corrected chi connectivity index (χ0v) is 14.8. The van der Waals surface area contributed by atoms with Crippen molar-refractivity contribution in [2.45, 2.75) is 13.8 Å². The van der Waals surface area contributed by atoms with Crippen LogP contribution in [0.25, 0.3) is 0 Å². The van der Waals surface area contributed by atoms with Gasteiger partial charge in [-0.3, -0.25) is 9.59 Å². The maximum Gasteiger partial charge on any atom is 0.337 e. The highest BCUT2D eigenvalue weighted by Gasteiger charge is 2.11. The Hall–Kier alpha value is -3.35. The summed E-state index contributed by atoms with van der Waals surface area (Å²) in [5.74, 6) is -0.598. The molecule has 0 radical (unpaired) electrons. The van der Waals surface area contributed by atoms with E-state index in [1.807, 2.05) is 6.92 Å². The lowest BCUT2D eigenvalue weighted by Crippen LogP contribution is -2.21. The van der Waals surface area contributed by atoms with E-state index in [2.05, 4.69) is 15.4 Å². The number of methoxy groups -OCH3 is 1. The van der Waals surface area contributed by atoms with Crippen molar-refractivity contribution in [1.29, 1.82) is 0 Å². The summed E-state index contributed by atoms with van der Waals surface area (Å²) in [5.41, 5.74) is 2.24. The molecule has 0 aliphatic heterocycles. The molecular weight excluding hydrogens is 336 g/mol. The summed E-state index contributed by atoms with van der Waals surface area (Å²) >= 11 is 0. The highest BCUT2D eigenvalue weighted by atomic mass is 16.5. The Morgan fingerprint density at radius 3 is 2.50 bits per heavy atom. The molecule has 0 aliphatic carbocycles. The third-order valence-corrected chi connectivity index (χ3v) is 3.46. The van der Waals surface area contributed by atoms with Crippen LogP contribution in [0.15, 0.2) is 42.5 Å². The van der Waals surface area contributed by atoms with Crippen LogP contribution in [0.1, 0.15) is 22.8 Å². The third-order valence-electron chi connectivity index (χ3n) is 3.46. The molecule has 0 heterocycles. The van der Waals surface area contributed by atoms with Gasteiger partial charge in [-0.15, -0.1) is 0 Å². The minimum absolute atomic E-state index is 0.194. The van der Waals surface area contributed by atoms with Crippen molar-refractivity contribution in [1.82, 2.24) is 0 Å². The van der Waals surface area contributed by atoms with E-state index in [9.17, 15) is 14.4 Å². The Bertz CT molecular complexity index is 832. The molecule has 0 atom stereocenters. The molecule has 0 saturated heterocycles. The second-order valence-corrected chi connectivity index (χ2v) is 5.57. The summed E-state index contributed by atoms with van der Waals surface area (Å²) < 4.78 is 10.1. The summed E-state index contributed by atoms with van der Waals surface area (Å²) in [7, 11) is 1.30. The van der Waals surface area contributed by atoms with E-state index in [0.717, 1.165) is 5.56 Å². The average molecular weight is 356 g/mol. The summed E-state index contributed by atoms with van der Waals surface area (Å²) in [6, 6.07) is 11.6. The maximum atomic E-state index is 12.1. The molecule has 2 amide bonds. The first kappa shape index (κ1) is 19.0. The van der Waals surface area contributed by atoms with Gasteiger partial charge in [-0.2, -0.15) is 0 Å². The monoisotopic (exact) mass is 356 g/mol. The van der Waals surface area contributed by atoms with E-state index >= 15 is 0 Å². The molecule has 7 nitrogen and oxygen atoms in total. The number of amides is 2. The molecular formula is C19H20N2O5. The Kier molecular flexibility index (Phi) is 6.32. The number of nitrogens with one attached hydrogen (secondary N) is 2. The fourth-order valence-electron chi connectivity index (χ4n) is 2.20. The van der Waals surface area contributed by atoms with Crippen molar-refractivity contribution in [3.05, 3.63) is 53.6 Å². The molecule has 2 aromatic carbocycles. The largest absolute Gasteiger partial charge is 0.484 e. The van der Waals surface area contributed by atoms with Crippen LogP contribution in [0, 0.1) is 6.92 Å². The lowest BCUT2D eigenvalue weighted by molar-refractivity contribution is -0.118. The van der Waals surface area contributed by atoms with Gasteiger partial charge in [0.25, 0.3) is 5.91 Å². The standard InChI is InChI=1S/C19H20N2O5/c1-12-7-8-14(19(24)25-3)9-17(12)21-18(23)11-26-16-6-4-5-15(10-16)20-13(2)22/h4-10H,11H2,1-3H3,(H,20,22)(H,21,23). The Labute approximate surface area is 151 Å². The lowest BCUT2D eigenvalue weighted by atomic mass is 10.1. The van der Waals surface area contributed by atoms with Crippen molar-refractivity contribution in [2.24, 2.45) is 0 Å². The first-order valence-electron chi connectivity index (χ1n) is 7.88. The Balaban J connectivity index is 1.99. The SMILES string of the molecule is COC(=O)c1ccc(C)c(NC(=O)COc2cccc(NC(C)=O)c2)c1. The highest BCUT2D eigenvalue weighted by molar-refractivity contribution is 5.96. The third kappa shape index (κ3) is 5.34. The van der Waals surface area contributed by atoms with E-state index in [1.54, 1.807) is 42.5 Å². The fraction of sp³-hybridized carbons (Fsp3) is 0.211. The van der Waals surface area contributed by atoms with Gasteiger partial charge in [0.2, 0.25) is 5.91 Å². The maximum absolute atomic E-state index is 12.1. The lowest BCUT2D eigenvalue weighted by Gasteiger charge is -2.11. The molecule has 7 heteroatoms. The molecule has 2 aromatic rings. The minimum Gasteiger partial charge on any atom is -0.484 e. The minimum atomic E-state index is -0.480. The fourth-order valence-corrected chi connectivity index (χ4v) is 2.20. The van der Waals surface area contributed by atoms with Gasteiger partial charge in [0.05, 0.1) is 12.7 Å². The molecule has 0 aliphatic rings. The van der Waals surface area contributed by atoms with Gasteiger partial charge in [-0.05, 0) is 36.8 Å². The first-order valence-corrected chi connectivity index (χ1v) is 7.88. The van der Waals surface area contributed by atoms with Gasteiger partial charge in [0, 0.05) is 24.4 Å². The number of ether oxygens (including phenoxy) is 2. The number of hydrogen-bond acceptors (Lipinski definition) is 5. The summed E-state index contributed by atoms with van der Waals surface area (Å²) in [4.78, 5) is 34.8. The van der Waals surface area contributed by atoms with Gasteiger partial charge in [0.15, 0.2) is 6.61 Å². The normalized spacial score (nSPS) is 9.96. The van der Waals surface area contributed by atoms with Crippen LogP contribution in [-0.2, 0) is 14.3 Å². The zero-order valence-electron chi connectivity index (χ0n) is 14.8. The molecule has 0 unspecified atom stereocenters. The molecule has 0 saturated carbocycles. The van der Waals surface area contributed by atoms with E-state index in [1.165, 1.54) is 14.0 Å². The van der Waals surface area contributed by atoms with Crippen LogP contribution in [0.2, 0.25) is 0 Å². The molecule has 26 heavy (non-hydrogen) atoms. The highest BCUT2D eigenvalue weighted by Crippen LogP contribution is 2.19. The number of carbonyl (C=O) groups excluding carboxylic acids is 3. The van der Waals surface area contributed by atoms with Crippen molar-refractivity contribution in [3.63, 3.8) is 0 Å². The Morgan fingerprint density at radius 1 is 1.04 bits per heavy atom. The smallest absolute Gasteiger partial charge is 0.337 e. The van der Waals surface area contributed by atoms with Crippen LogP contribution in [0.5, 0.6) is 5.75 Å². The number of hydrogen-bond donors (Lipinski definition) is 2. The van der Waals surface area contributed by atoms with Crippen LogP contribution < -0.4 is 15.4 Å². The van der Waals surface area contributed by atoms with Crippen LogP contribution in [0.3, 0.4) is 0 Å². The molecule has 0 fully saturated rings. The first-order chi connectivity index (χ1) is 12.4. The van der Waals surface area contributed by atoms with Crippen molar-refractivity contribution >= 4 is 29.2 Å². The number of benzene rings is 2. The van der Waals surface area contributed by atoms with E-state index < -0.39 is 5.97 Å². The van der Waals surface area contributed by atoms with Crippen molar-refractivity contribution in [3.8, 4) is 5.75 Å². The van der Waals surface area contributed by atoms with Gasteiger partial charge in [0.1, 0.15) is 5.75 Å². The molecule has 0 spiro atoms. The number of carbonyl (C=O) groups is 3. The quantitative estimate of drug-likeness (QED) is 0.776. The van der Waals surface area contributed by atoms with Crippen LogP contribution >= 0.6 is 0 Å². The van der Waals surface area contributed by atoms with Crippen molar-refractivity contribution < 1.29 is 23.9 Å². The van der Waals surface area contributed by atoms with E-state index in [0.29, 0.717) is 22.7 Å². The summed E-state index contributed by atoms with van der Waals surface area (Å²) in [5, 5.41) is 5.34. The molecule has 2 N–H and O–H groups in total. The number of aryl methyl sites for hydroxylation is 1. The van der Waals surface area contributed by atoms with Crippen LogP contribution in [-0.4, -0.2) is 31.5 Å². The Morgan fingerprint density at radius 2 is 1.81 bits per heavy atom. The van der Waals surface area contributed by atoms with Crippen molar-refractivity contribution in [2.75, 3.05) is 24.4 Å². The zero-order chi connectivity index (χ0) is 19.1. The number of rotatable bonds is 6. The predicted molar refractivity (Wildman–Crippen MR) is 97.4 cm³/mol. The van der Waals surface area contributed by atoms with Gasteiger partial charge in [-0.1, -0.05) is 12.1 Å². The number of anilines is 2. The van der Waals surface area contributed by atoms with Gasteiger partial charge < -0.3 is 20.1 Å². The molecule has 0 aromatic heterocycles. The average Bonchev–Trinajstić information content (AvgIpc) is 2.61. The second kappa shape index (κ2) is 8.66. The van der Waals surface area contributed by atoms with E-state index in [-0.39, 0.29) is 18.4 Å². The molecule has 136 valence electrons. The second-order valence-electron chi connectivity index (χ2n) is 5.57. The van der Waals surface area contributed by atoms with E-state index in [4.69, 9.17) is 4.74 Å². The van der Waals surface area contributed by atoms with Gasteiger partial charge >= 0.3 is 5.97 Å². The molecule has 0 bridgehead atoms.